The van der Waals surface area contributed by atoms with Crippen LogP contribution in [0, 0.1) is 5.92 Å². The standard InChI is InChI=1S/C26H31Br2N5O3/c27-18-14-17-1-2-19-20(3-4-21(34)23(19)28)25(24(17)30-15-18)32-11-9-31(10-12-32)22(35)13-16-5-7-33(8-6-16)26(29)36/h3-4,14-16,25,34H,1-2,5-13H2,(H2,29,36). The van der Waals surface area contributed by atoms with Gasteiger partial charge in [-0.2, -0.15) is 0 Å². The number of hydrogen-bond donors (Lipinski definition) is 2. The van der Waals surface area contributed by atoms with Gasteiger partial charge in [-0.1, -0.05) is 6.07 Å². The fourth-order valence-corrected chi connectivity index (χ4v) is 6.75. The van der Waals surface area contributed by atoms with Crippen LogP contribution >= 0.6 is 31.9 Å². The predicted molar refractivity (Wildman–Crippen MR) is 144 cm³/mol. The second-order valence-electron chi connectivity index (χ2n) is 9.96. The first-order chi connectivity index (χ1) is 17.3. The molecule has 1 aromatic carbocycles. The summed E-state index contributed by atoms with van der Waals surface area (Å²) in [6, 6.07) is 5.52. The molecule has 1 atom stereocenters. The summed E-state index contributed by atoms with van der Waals surface area (Å²) in [5, 5.41) is 10.3. The average Bonchev–Trinajstić information content (AvgIpc) is 3.03. The summed E-state index contributed by atoms with van der Waals surface area (Å²) in [4.78, 5) is 35.4. The van der Waals surface area contributed by atoms with Crippen LogP contribution in [0.3, 0.4) is 0 Å². The largest absolute Gasteiger partial charge is 0.507 e. The van der Waals surface area contributed by atoms with E-state index in [4.69, 9.17) is 10.7 Å². The normalized spacial score (nSPS) is 21.0. The van der Waals surface area contributed by atoms with Crippen molar-refractivity contribution in [3.8, 4) is 5.75 Å². The maximum atomic E-state index is 13.1. The Morgan fingerprint density at radius 1 is 1.03 bits per heavy atom. The minimum Gasteiger partial charge on any atom is -0.507 e. The van der Waals surface area contributed by atoms with E-state index in [1.807, 2.05) is 17.2 Å². The molecule has 2 aromatic rings. The number of nitrogens with zero attached hydrogens (tertiary/aromatic N) is 4. The van der Waals surface area contributed by atoms with Gasteiger partial charge in [-0.3, -0.25) is 14.7 Å². The number of phenols is 1. The van der Waals surface area contributed by atoms with Crippen molar-refractivity contribution >= 4 is 43.8 Å². The topological polar surface area (TPSA) is 103 Å². The Hall–Kier alpha value is -2.17. The number of primary amides is 1. The minimum atomic E-state index is -0.373. The second-order valence-corrected chi connectivity index (χ2v) is 11.7. The highest BCUT2D eigenvalue weighted by atomic mass is 79.9. The molecule has 8 nitrogen and oxygen atoms in total. The van der Waals surface area contributed by atoms with Crippen molar-refractivity contribution in [2.75, 3.05) is 39.3 Å². The number of amides is 3. The van der Waals surface area contributed by atoms with Crippen molar-refractivity contribution in [2.45, 2.75) is 38.1 Å². The van der Waals surface area contributed by atoms with Gasteiger partial charge in [-0.05, 0) is 92.3 Å². The highest BCUT2D eigenvalue weighted by Crippen LogP contribution is 2.42. The summed E-state index contributed by atoms with van der Waals surface area (Å²) in [6.07, 6.45) is 5.71. The first kappa shape index (κ1) is 25.5. The smallest absolute Gasteiger partial charge is 0.314 e. The lowest BCUT2D eigenvalue weighted by Crippen LogP contribution is -2.50. The third-order valence-electron chi connectivity index (χ3n) is 7.85. The third kappa shape index (κ3) is 5.13. The van der Waals surface area contributed by atoms with Crippen molar-refractivity contribution in [3.63, 3.8) is 0 Å². The van der Waals surface area contributed by atoms with Crippen LogP contribution in [-0.2, 0) is 17.6 Å². The van der Waals surface area contributed by atoms with Crippen LogP contribution in [0.2, 0.25) is 0 Å². The Morgan fingerprint density at radius 3 is 2.44 bits per heavy atom. The number of nitrogens with two attached hydrogens (primary N) is 1. The summed E-state index contributed by atoms with van der Waals surface area (Å²) in [6.45, 7) is 4.13. The van der Waals surface area contributed by atoms with Crippen LogP contribution in [0.1, 0.15) is 47.7 Å². The van der Waals surface area contributed by atoms with Crippen molar-refractivity contribution in [2.24, 2.45) is 11.7 Å². The molecule has 10 heteroatoms. The van der Waals surface area contributed by atoms with Gasteiger partial charge in [0, 0.05) is 56.4 Å². The van der Waals surface area contributed by atoms with Gasteiger partial charge in [0.05, 0.1) is 16.2 Å². The van der Waals surface area contributed by atoms with E-state index < -0.39 is 0 Å². The van der Waals surface area contributed by atoms with Gasteiger partial charge in [0.2, 0.25) is 5.91 Å². The molecule has 3 amide bonds. The Labute approximate surface area is 228 Å². The number of carbonyl (C=O) groups is 2. The third-order valence-corrected chi connectivity index (χ3v) is 9.17. The molecular formula is C26H31Br2N5O3. The molecule has 3 heterocycles. The van der Waals surface area contributed by atoms with E-state index in [-0.39, 0.29) is 23.7 Å². The Kier molecular flexibility index (Phi) is 7.55. The van der Waals surface area contributed by atoms with Gasteiger partial charge in [0.1, 0.15) is 5.75 Å². The number of piperidine rings is 1. The van der Waals surface area contributed by atoms with E-state index in [0.717, 1.165) is 64.5 Å². The number of halogens is 2. The first-order valence-corrected chi connectivity index (χ1v) is 14.1. The maximum absolute atomic E-state index is 13.1. The number of benzene rings is 1. The van der Waals surface area contributed by atoms with Crippen LogP contribution in [0.5, 0.6) is 5.75 Å². The zero-order chi connectivity index (χ0) is 25.4. The number of aryl methyl sites for hydroxylation is 1. The molecule has 0 bridgehead atoms. The number of fused-ring (bicyclic) bond motifs is 2. The van der Waals surface area contributed by atoms with Crippen molar-refractivity contribution in [3.05, 3.63) is 55.7 Å². The van der Waals surface area contributed by atoms with E-state index in [0.29, 0.717) is 38.5 Å². The molecule has 2 fully saturated rings. The number of piperazine rings is 1. The zero-order valence-corrected chi connectivity index (χ0v) is 23.3. The fraction of sp³-hybridized carbons (Fsp3) is 0.500. The SMILES string of the molecule is NC(=O)N1CCC(CC(=O)N2CCN(C3c4ccc(O)c(Br)c4CCc4cc(Br)cnc43)CC2)CC1. The highest BCUT2D eigenvalue weighted by Gasteiger charge is 2.35. The molecule has 0 saturated carbocycles. The number of aromatic nitrogens is 1. The number of urea groups is 1. The van der Waals surface area contributed by atoms with E-state index in [1.54, 1.807) is 11.0 Å². The zero-order valence-electron chi connectivity index (χ0n) is 20.1. The lowest BCUT2D eigenvalue weighted by molar-refractivity contribution is -0.134. The van der Waals surface area contributed by atoms with Crippen molar-refractivity contribution < 1.29 is 14.7 Å². The Balaban J connectivity index is 1.30. The summed E-state index contributed by atoms with van der Waals surface area (Å²) >= 11 is 7.19. The van der Waals surface area contributed by atoms with Crippen LogP contribution in [0.25, 0.3) is 0 Å². The molecule has 3 aliphatic rings. The molecule has 192 valence electrons. The van der Waals surface area contributed by atoms with E-state index in [9.17, 15) is 14.7 Å². The number of pyridine rings is 1. The molecule has 2 aliphatic heterocycles. The van der Waals surface area contributed by atoms with Crippen LogP contribution in [0.4, 0.5) is 4.79 Å². The van der Waals surface area contributed by atoms with Crippen LogP contribution in [-0.4, -0.2) is 76.0 Å². The molecule has 1 aliphatic carbocycles. The first-order valence-electron chi connectivity index (χ1n) is 12.5. The molecular weight excluding hydrogens is 590 g/mol. The second kappa shape index (κ2) is 10.7. The monoisotopic (exact) mass is 619 g/mol. The van der Waals surface area contributed by atoms with Crippen LogP contribution < -0.4 is 5.73 Å². The van der Waals surface area contributed by atoms with E-state index in [2.05, 4.69) is 42.8 Å². The number of phenolic OH excluding ortho intramolecular Hbond substituents is 1. The number of likely N-dealkylation sites (tertiary alicyclic amines) is 1. The number of hydrogen-bond acceptors (Lipinski definition) is 5. The quantitative estimate of drug-likeness (QED) is 0.543. The van der Waals surface area contributed by atoms with Gasteiger partial charge in [0.25, 0.3) is 0 Å². The summed E-state index contributed by atoms with van der Waals surface area (Å²) in [5.41, 5.74) is 9.92. The number of rotatable bonds is 3. The summed E-state index contributed by atoms with van der Waals surface area (Å²) in [7, 11) is 0. The maximum Gasteiger partial charge on any atom is 0.314 e. The molecule has 36 heavy (non-hydrogen) atoms. The van der Waals surface area contributed by atoms with Crippen molar-refractivity contribution in [1.82, 2.24) is 19.7 Å². The predicted octanol–water partition coefficient (Wildman–Crippen LogP) is 3.83. The molecule has 1 unspecified atom stereocenters. The molecule has 0 radical (unpaired) electrons. The fourth-order valence-electron chi connectivity index (χ4n) is 5.81. The van der Waals surface area contributed by atoms with Crippen molar-refractivity contribution in [1.29, 1.82) is 0 Å². The summed E-state index contributed by atoms with van der Waals surface area (Å²) in [5.74, 6) is 0.757. The minimum absolute atomic E-state index is 0.0297. The van der Waals surface area contributed by atoms with E-state index >= 15 is 0 Å². The highest BCUT2D eigenvalue weighted by molar-refractivity contribution is 9.10. The number of carbonyl (C=O) groups excluding carboxylic acids is 2. The summed E-state index contributed by atoms with van der Waals surface area (Å²) < 4.78 is 1.72. The average molecular weight is 621 g/mol. The van der Waals surface area contributed by atoms with Gasteiger partial charge >= 0.3 is 6.03 Å². The molecule has 5 rings (SSSR count). The lowest BCUT2D eigenvalue weighted by Gasteiger charge is -2.40. The Morgan fingerprint density at radius 2 is 1.75 bits per heavy atom. The van der Waals surface area contributed by atoms with Gasteiger partial charge in [0.15, 0.2) is 0 Å². The molecule has 1 aromatic heterocycles. The van der Waals surface area contributed by atoms with Crippen LogP contribution in [0.15, 0.2) is 33.3 Å². The molecule has 2 saturated heterocycles. The van der Waals surface area contributed by atoms with E-state index in [1.165, 1.54) is 5.56 Å². The number of aromatic hydroxyl groups is 1. The molecule has 0 spiro atoms. The lowest BCUT2D eigenvalue weighted by atomic mass is 9.93. The van der Waals surface area contributed by atoms with Gasteiger partial charge < -0.3 is 20.6 Å². The van der Waals surface area contributed by atoms with Gasteiger partial charge in [-0.15, -0.1) is 0 Å². The molecule has 3 N–H and O–H groups in total. The Bertz CT molecular complexity index is 1160. The van der Waals surface area contributed by atoms with Gasteiger partial charge in [-0.25, -0.2) is 4.79 Å².